The summed E-state index contributed by atoms with van der Waals surface area (Å²) in [4.78, 5) is 2.48. The van der Waals surface area contributed by atoms with Gasteiger partial charge in [-0.1, -0.05) is 6.92 Å². The highest BCUT2D eigenvalue weighted by molar-refractivity contribution is 5.07. The van der Waals surface area contributed by atoms with E-state index in [1.165, 1.54) is 19.5 Å². The number of nitrogens with zero attached hydrogens (tertiary/aromatic N) is 1. The molecule has 1 saturated heterocycles. The van der Waals surface area contributed by atoms with Crippen molar-refractivity contribution in [3.05, 3.63) is 23.7 Å². The summed E-state index contributed by atoms with van der Waals surface area (Å²) in [6.45, 7) is 13.0. The van der Waals surface area contributed by atoms with E-state index in [4.69, 9.17) is 4.42 Å². The van der Waals surface area contributed by atoms with Gasteiger partial charge in [-0.2, -0.15) is 0 Å². The average molecular weight is 250 g/mol. The lowest BCUT2D eigenvalue weighted by Gasteiger charge is -2.19. The lowest BCUT2D eigenvalue weighted by atomic mass is 10.1. The molecule has 2 heterocycles. The van der Waals surface area contributed by atoms with E-state index in [-0.39, 0.29) is 5.54 Å². The third-order valence-electron chi connectivity index (χ3n) is 3.40. The van der Waals surface area contributed by atoms with Crippen molar-refractivity contribution in [2.45, 2.75) is 52.7 Å². The Hall–Kier alpha value is -0.800. The van der Waals surface area contributed by atoms with Crippen LogP contribution in [0.15, 0.2) is 16.5 Å². The Morgan fingerprint density at radius 1 is 1.33 bits per heavy atom. The third kappa shape index (κ3) is 4.14. The van der Waals surface area contributed by atoms with E-state index in [1.54, 1.807) is 0 Å². The zero-order valence-corrected chi connectivity index (χ0v) is 12.1. The van der Waals surface area contributed by atoms with E-state index < -0.39 is 0 Å². The van der Waals surface area contributed by atoms with E-state index in [0.29, 0.717) is 0 Å². The summed E-state index contributed by atoms with van der Waals surface area (Å²) >= 11 is 0. The van der Waals surface area contributed by atoms with Gasteiger partial charge in [0, 0.05) is 12.1 Å². The summed E-state index contributed by atoms with van der Waals surface area (Å²) in [7, 11) is 0. The maximum absolute atomic E-state index is 5.87. The van der Waals surface area contributed by atoms with Crippen LogP contribution in [0.4, 0.5) is 0 Å². The molecule has 102 valence electrons. The SMILES string of the molecule is CC1CCN(Cc2ccc(CNC(C)(C)C)o2)C1. The summed E-state index contributed by atoms with van der Waals surface area (Å²) in [5.74, 6) is 2.96. The van der Waals surface area contributed by atoms with Crippen molar-refractivity contribution in [1.29, 1.82) is 0 Å². The normalized spacial score (nSPS) is 21.7. The first-order valence-electron chi connectivity index (χ1n) is 6.97. The minimum atomic E-state index is 0.136. The highest BCUT2D eigenvalue weighted by Gasteiger charge is 2.19. The molecule has 1 unspecified atom stereocenters. The molecule has 1 fully saturated rings. The van der Waals surface area contributed by atoms with Gasteiger partial charge >= 0.3 is 0 Å². The van der Waals surface area contributed by atoms with Crippen molar-refractivity contribution in [3.8, 4) is 0 Å². The maximum atomic E-state index is 5.87. The molecule has 0 aliphatic carbocycles. The molecule has 1 N–H and O–H groups in total. The first kappa shape index (κ1) is 13.6. The van der Waals surface area contributed by atoms with Crippen molar-refractivity contribution in [2.24, 2.45) is 5.92 Å². The Labute approximate surface area is 111 Å². The Morgan fingerprint density at radius 3 is 2.67 bits per heavy atom. The van der Waals surface area contributed by atoms with Gasteiger partial charge in [-0.05, 0) is 51.8 Å². The molecule has 1 aliphatic heterocycles. The van der Waals surface area contributed by atoms with Crippen LogP contribution in [0.2, 0.25) is 0 Å². The second kappa shape index (κ2) is 5.45. The van der Waals surface area contributed by atoms with Crippen LogP contribution in [0.25, 0.3) is 0 Å². The maximum Gasteiger partial charge on any atom is 0.118 e. The smallest absolute Gasteiger partial charge is 0.118 e. The van der Waals surface area contributed by atoms with E-state index >= 15 is 0 Å². The molecule has 0 aromatic carbocycles. The Bertz CT molecular complexity index is 378. The van der Waals surface area contributed by atoms with Crippen LogP contribution in [-0.2, 0) is 13.1 Å². The summed E-state index contributed by atoms with van der Waals surface area (Å²) in [5, 5.41) is 3.44. The van der Waals surface area contributed by atoms with Gasteiger partial charge in [0.1, 0.15) is 11.5 Å². The minimum absolute atomic E-state index is 0.136. The van der Waals surface area contributed by atoms with Gasteiger partial charge < -0.3 is 9.73 Å². The summed E-state index contributed by atoms with van der Waals surface area (Å²) in [6.07, 6.45) is 1.32. The second-order valence-electron chi connectivity index (χ2n) is 6.60. The first-order valence-corrected chi connectivity index (χ1v) is 6.97. The highest BCUT2D eigenvalue weighted by atomic mass is 16.3. The number of furan rings is 1. The molecule has 0 spiro atoms. The molecular formula is C15H26N2O. The van der Waals surface area contributed by atoms with E-state index in [2.05, 4.69) is 50.0 Å². The number of likely N-dealkylation sites (tertiary alicyclic amines) is 1. The van der Waals surface area contributed by atoms with Gasteiger partial charge in [0.25, 0.3) is 0 Å². The Morgan fingerprint density at radius 2 is 2.06 bits per heavy atom. The zero-order chi connectivity index (χ0) is 13.2. The van der Waals surface area contributed by atoms with Crippen molar-refractivity contribution < 1.29 is 4.42 Å². The summed E-state index contributed by atoms with van der Waals surface area (Å²) < 4.78 is 5.87. The van der Waals surface area contributed by atoms with Gasteiger partial charge in [0.05, 0.1) is 13.1 Å². The molecule has 1 aromatic heterocycles. The number of hydrogen-bond donors (Lipinski definition) is 1. The van der Waals surface area contributed by atoms with Crippen LogP contribution in [0.1, 0.15) is 45.6 Å². The van der Waals surface area contributed by atoms with Gasteiger partial charge in [-0.15, -0.1) is 0 Å². The van der Waals surface area contributed by atoms with Crippen LogP contribution in [0, 0.1) is 5.92 Å². The standard InChI is InChI=1S/C15H26N2O/c1-12-7-8-17(10-12)11-14-6-5-13(18-14)9-16-15(2,3)4/h5-6,12,16H,7-11H2,1-4H3. The fourth-order valence-electron chi connectivity index (χ4n) is 2.34. The van der Waals surface area contributed by atoms with Gasteiger partial charge in [0.2, 0.25) is 0 Å². The van der Waals surface area contributed by atoms with Gasteiger partial charge in [-0.25, -0.2) is 0 Å². The van der Waals surface area contributed by atoms with Crippen molar-refractivity contribution in [3.63, 3.8) is 0 Å². The quantitative estimate of drug-likeness (QED) is 0.890. The third-order valence-corrected chi connectivity index (χ3v) is 3.40. The van der Waals surface area contributed by atoms with Crippen molar-refractivity contribution in [1.82, 2.24) is 10.2 Å². The molecule has 1 aliphatic rings. The predicted molar refractivity (Wildman–Crippen MR) is 74.4 cm³/mol. The van der Waals surface area contributed by atoms with Crippen LogP contribution in [-0.4, -0.2) is 23.5 Å². The van der Waals surface area contributed by atoms with Crippen molar-refractivity contribution >= 4 is 0 Å². The van der Waals surface area contributed by atoms with E-state index in [0.717, 1.165) is 30.5 Å². The fourth-order valence-corrected chi connectivity index (χ4v) is 2.34. The number of rotatable bonds is 4. The second-order valence-corrected chi connectivity index (χ2v) is 6.60. The van der Waals surface area contributed by atoms with Crippen LogP contribution >= 0.6 is 0 Å². The van der Waals surface area contributed by atoms with Gasteiger partial charge in [0.15, 0.2) is 0 Å². The molecular weight excluding hydrogens is 224 g/mol. The molecule has 2 rings (SSSR count). The lowest BCUT2D eigenvalue weighted by molar-refractivity contribution is 0.281. The first-order chi connectivity index (χ1) is 8.42. The summed E-state index contributed by atoms with van der Waals surface area (Å²) in [6, 6.07) is 4.20. The average Bonchev–Trinajstić information content (AvgIpc) is 2.85. The molecule has 1 aromatic rings. The molecule has 0 saturated carbocycles. The molecule has 3 heteroatoms. The zero-order valence-electron chi connectivity index (χ0n) is 12.1. The molecule has 18 heavy (non-hydrogen) atoms. The highest BCUT2D eigenvalue weighted by Crippen LogP contribution is 2.19. The molecule has 0 bridgehead atoms. The largest absolute Gasteiger partial charge is 0.463 e. The van der Waals surface area contributed by atoms with E-state index in [9.17, 15) is 0 Å². The summed E-state index contributed by atoms with van der Waals surface area (Å²) in [5.41, 5.74) is 0.136. The van der Waals surface area contributed by atoms with E-state index in [1.807, 2.05) is 0 Å². The van der Waals surface area contributed by atoms with Crippen LogP contribution in [0.3, 0.4) is 0 Å². The van der Waals surface area contributed by atoms with Crippen LogP contribution < -0.4 is 5.32 Å². The molecule has 3 nitrogen and oxygen atoms in total. The van der Waals surface area contributed by atoms with Crippen LogP contribution in [0.5, 0.6) is 0 Å². The fraction of sp³-hybridized carbons (Fsp3) is 0.733. The molecule has 0 amide bonds. The predicted octanol–water partition coefficient (Wildman–Crippen LogP) is 3.01. The monoisotopic (exact) mass is 250 g/mol. The minimum Gasteiger partial charge on any atom is -0.463 e. The Balaban J connectivity index is 1.82. The molecule has 0 radical (unpaired) electrons. The van der Waals surface area contributed by atoms with Gasteiger partial charge in [-0.3, -0.25) is 4.90 Å². The Kier molecular flexibility index (Phi) is 4.13. The topological polar surface area (TPSA) is 28.4 Å². The number of hydrogen-bond acceptors (Lipinski definition) is 3. The van der Waals surface area contributed by atoms with Crippen molar-refractivity contribution in [2.75, 3.05) is 13.1 Å². The molecule has 1 atom stereocenters. The number of nitrogens with one attached hydrogen (secondary N) is 1. The lowest BCUT2D eigenvalue weighted by Crippen LogP contribution is -2.34.